The third-order valence-corrected chi connectivity index (χ3v) is 3.24. The lowest BCUT2D eigenvalue weighted by atomic mass is 10.1. The molecule has 0 N–H and O–H groups in total. The summed E-state index contributed by atoms with van der Waals surface area (Å²) in [6.45, 7) is 4.96. The first kappa shape index (κ1) is 14.4. The zero-order valence-electron chi connectivity index (χ0n) is 12.3. The summed E-state index contributed by atoms with van der Waals surface area (Å²) in [7, 11) is 1.64. The lowest BCUT2D eigenvalue weighted by Gasteiger charge is -2.08. The van der Waals surface area contributed by atoms with E-state index in [-0.39, 0.29) is 12.5 Å². The van der Waals surface area contributed by atoms with Gasteiger partial charge in [-0.05, 0) is 36.6 Å². The number of ether oxygens (including phenoxy) is 2. The Bertz CT molecular complexity index is 586. The summed E-state index contributed by atoms with van der Waals surface area (Å²) in [4.78, 5) is 11.8. The molecule has 0 bridgehead atoms. The minimum atomic E-state index is -0.195. The first-order valence-electron chi connectivity index (χ1n) is 6.88. The van der Waals surface area contributed by atoms with Gasteiger partial charge in [0.2, 0.25) is 0 Å². The van der Waals surface area contributed by atoms with E-state index in [1.54, 1.807) is 7.11 Å². The second kappa shape index (κ2) is 6.46. The zero-order chi connectivity index (χ0) is 14.5. The average Bonchev–Trinajstić information content (AvgIpc) is 2.80. The van der Waals surface area contributed by atoms with E-state index in [1.807, 2.05) is 35.0 Å². The van der Waals surface area contributed by atoms with Gasteiger partial charge < -0.3 is 14.0 Å². The molecular weight excluding hydrogens is 254 g/mol. The third kappa shape index (κ3) is 3.53. The molecule has 20 heavy (non-hydrogen) atoms. The number of hydrogen-bond acceptors (Lipinski definition) is 3. The Hall–Kier alpha value is -1.97. The molecule has 1 heterocycles. The van der Waals surface area contributed by atoms with E-state index in [0.717, 1.165) is 23.1 Å². The van der Waals surface area contributed by atoms with Crippen LogP contribution in [0.3, 0.4) is 0 Å². The Labute approximate surface area is 119 Å². The molecule has 2 aromatic rings. The molecule has 4 nitrogen and oxygen atoms in total. The van der Waals surface area contributed by atoms with Crippen molar-refractivity contribution in [2.45, 2.75) is 26.8 Å². The molecule has 0 atom stereocenters. The van der Waals surface area contributed by atoms with Crippen LogP contribution in [-0.2, 0) is 16.1 Å². The van der Waals surface area contributed by atoms with Crippen LogP contribution < -0.4 is 4.74 Å². The van der Waals surface area contributed by atoms with E-state index < -0.39 is 0 Å². The second-order valence-electron chi connectivity index (χ2n) is 5.27. The van der Waals surface area contributed by atoms with Gasteiger partial charge in [0.05, 0.1) is 13.7 Å². The molecule has 0 saturated heterocycles. The third-order valence-electron chi connectivity index (χ3n) is 3.24. The van der Waals surface area contributed by atoms with Crippen molar-refractivity contribution in [1.29, 1.82) is 0 Å². The van der Waals surface area contributed by atoms with E-state index >= 15 is 0 Å². The van der Waals surface area contributed by atoms with Crippen LogP contribution in [0.4, 0.5) is 0 Å². The van der Waals surface area contributed by atoms with Crippen molar-refractivity contribution in [3.63, 3.8) is 0 Å². The van der Waals surface area contributed by atoms with Gasteiger partial charge in [0.15, 0.2) is 0 Å². The number of hydrogen-bond donors (Lipinski definition) is 0. The van der Waals surface area contributed by atoms with E-state index in [4.69, 9.17) is 9.47 Å². The molecule has 0 fully saturated rings. The maximum atomic E-state index is 11.8. The second-order valence-corrected chi connectivity index (χ2v) is 5.27. The number of benzene rings is 1. The maximum absolute atomic E-state index is 11.8. The highest BCUT2D eigenvalue weighted by Gasteiger charge is 2.08. The SMILES string of the molecule is COc1ccc2c(ccn2CC(=O)OCCC(C)C)c1. The van der Waals surface area contributed by atoms with Crippen molar-refractivity contribution in [2.24, 2.45) is 5.92 Å². The van der Waals surface area contributed by atoms with Crippen LogP contribution in [0.15, 0.2) is 30.5 Å². The molecule has 0 unspecified atom stereocenters. The van der Waals surface area contributed by atoms with Crippen molar-refractivity contribution in [2.75, 3.05) is 13.7 Å². The number of esters is 1. The number of methoxy groups -OCH3 is 1. The Morgan fingerprint density at radius 1 is 1.30 bits per heavy atom. The predicted molar refractivity (Wildman–Crippen MR) is 78.9 cm³/mol. The summed E-state index contributed by atoms with van der Waals surface area (Å²) in [5.74, 6) is 1.16. The van der Waals surface area contributed by atoms with E-state index in [9.17, 15) is 4.79 Å². The minimum absolute atomic E-state index is 0.195. The van der Waals surface area contributed by atoms with Gasteiger partial charge in [-0.15, -0.1) is 0 Å². The van der Waals surface area contributed by atoms with Crippen LogP contribution in [-0.4, -0.2) is 24.3 Å². The molecule has 0 aliphatic carbocycles. The number of aromatic nitrogens is 1. The van der Waals surface area contributed by atoms with Gasteiger partial charge in [-0.3, -0.25) is 4.79 Å². The van der Waals surface area contributed by atoms with E-state index in [1.165, 1.54) is 0 Å². The molecule has 0 radical (unpaired) electrons. The van der Waals surface area contributed by atoms with E-state index in [0.29, 0.717) is 12.5 Å². The van der Waals surface area contributed by atoms with Crippen molar-refractivity contribution < 1.29 is 14.3 Å². The molecule has 108 valence electrons. The summed E-state index contributed by atoms with van der Waals surface area (Å²) >= 11 is 0. The Morgan fingerprint density at radius 2 is 2.10 bits per heavy atom. The standard InChI is InChI=1S/C16H21NO3/c1-12(2)7-9-20-16(18)11-17-8-6-13-10-14(19-3)4-5-15(13)17/h4-6,8,10,12H,7,9,11H2,1-3H3. The van der Waals surface area contributed by atoms with Crippen molar-refractivity contribution in [3.05, 3.63) is 30.5 Å². The fourth-order valence-electron chi connectivity index (χ4n) is 2.04. The topological polar surface area (TPSA) is 40.5 Å². The fourth-order valence-corrected chi connectivity index (χ4v) is 2.04. The molecular formula is C16H21NO3. The molecule has 0 aliphatic heterocycles. The average molecular weight is 275 g/mol. The summed E-state index contributed by atoms with van der Waals surface area (Å²) < 4.78 is 12.3. The van der Waals surface area contributed by atoms with Gasteiger partial charge in [-0.1, -0.05) is 13.8 Å². The summed E-state index contributed by atoms with van der Waals surface area (Å²) in [6.07, 6.45) is 2.79. The monoisotopic (exact) mass is 275 g/mol. The molecule has 0 spiro atoms. The predicted octanol–water partition coefficient (Wildman–Crippen LogP) is 3.24. The summed E-state index contributed by atoms with van der Waals surface area (Å²) in [6, 6.07) is 7.77. The highest BCUT2D eigenvalue weighted by molar-refractivity contribution is 5.83. The van der Waals surface area contributed by atoms with Gasteiger partial charge in [0, 0.05) is 17.1 Å². The van der Waals surface area contributed by atoms with Gasteiger partial charge in [-0.25, -0.2) is 0 Å². The largest absolute Gasteiger partial charge is 0.497 e. The maximum Gasteiger partial charge on any atom is 0.325 e. The summed E-state index contributed by atoms with van der Waals surface area (Å²) in [5, 5.41) is 1.05. The highest BCUT2D eigenvalue weighted by Crippen LogP contribution is 2.21. The van der Waals surface area contributed by atoms with Crippen molar-refractivity contribution in [1.82, 2.24) is 4.57 Å². The quantitative estimate of drug-likeness (QED) is 0.760. The van der Waals surface area contributed by atoms with Gasteiger partial charge in [0.1, 0.15) is 12.3 Å². The molecule has 2 rings (SSSR count). The van der Waals surface area contributed by atoms with Gasteiger partial charge in [-0.2, -0.15) is 0 Å². The number of carbonyl (C=O) groups is 1. The smallest absolute Gasteiger partial charge is 0.325 e. The first-order valence-corrected chi connectivity index (χ1v) is 6.88. The molecule has 0 amide bonds. The normalized spacial score (nSPS) is 11.0. The highest BCUT2D eigenvalue weighted by atomic mass is 16.5. The van der Waals surface area contributed by atoms with Crippen LogP contribution in [0.2, 0.25) is 0 Å². The molecule has 0 saturated carbocycles. The number of nitrogens with zero attached hydrogens (tertiary/aromatic N) is 1. The molecule has 0 aliphatic rings. The van der Waals surface area contributed by atoms with Crippen LogP contribution in [0.1, 0.15) is 20.3 Å². The number of fused-ring (bicyclic) bond motifs is 1. The Morgan fingerprint density at radius 3 is 2.80 bits per heavy atom. The molecule has 1 aromatic carbocycles. The van der Waals surface area contributed by atoms with Crippen molar-refractivity contribution in [3.8, 4) is 5.75 Å². The number of rotatable bonds is 6. The van der Waals surface area contributed by atoms with Crippen LogP contribution >= 0.6 is 0 Å². The Balaban J connectivity index is 2.01. The van der Waals surface area contributed by atoms with E-state index in [2.05, 4.69) is 13.8 Å². The lowest BCUT2D eigenvalue weighted by molar-refractivity contribution is -0.144. The lowest BCUT2D eigenvalue weighted by Crippen LogP contribution is -2.14. The fraction of sp³-hybridized carbons (Fsp3) is 0.438. The molecule has 4 heteroatoms. The van der Waals surface area contributed by atoms with Gasteiger partial charge >= 0.3 is 5.97 Å². The van der Waals surface area contributed by atoms with Crippen LogP contribution in [0, 0.1) is 5.92 Å². The zero-order valence-corrected chi connectivity index (χ0v) is 12.3. The Kier molecular flexibility index (Phi) is 4.66. The van der Waals surface area contributed by atoms with Crippen LogP contribution in [0.25, 0.3) is 10.9 Å². The number of carbonyl (C=O) groups excluding carboxylic acids is 1. The first-order chi connectivity index (χ1) is 9.60. The molecule has 1 aromatic heterocycles. The summed E-state index contributed by atoms with van der Waals surface area (Å²) in [5.41, 5.74) is 1.01. The van der Waals surface area contributed by atoms with Crippen molar-refractivity contribution >= 4 is 16.9 Å². The minimum Gasteiger partial charge on any atom is -0.497 e. The van der Waals surface area contributed by atoms with Crippen LogP contribution in [0.5, 0.6) is 5.75 Å². The van der Waals surface area contributed by atoms with Gasteiger partial charge in [0.25, 0.3) is 0 Å².